The molecule has 0 aliphatic carbocycles. The zero-order chi connectivity index (χ0) is 21.7. The van der Waals surface area contributed by atoms with Crippen molar-refractivity contribution in [3.8, 4) is 5.69 Å². The fraction of sp³-hybridized carbons (Fsp3) is 0.333. The lowest BCUT2D eigenvalue weighted by molar-refractivity contribution is 0.201. The van der Waals surface area contributed by atoms with Crippen LogP contribution < -0.4 is 16.1 Å². The average molecular weight is 410 g/mol. The first-order valence-corrected chi connectivity index (χ1v) is 9.85. The van der Waals surface area contributed by atoms with Gasteiger partial charge >= 0.3 is 6.09 Å². The minimum atomic E-state index is -0.994. The van der Waals surface area contributed by atoms with E-state index in [1.165, 1.54) is 11.0 Å². The highest BCUT2D eigenvalue weighted by molar-refractivity contribution is 5.87. The molecule has 3 rings (SSSR count). The third-order valence-corrected chi connectivity index (χ3v) is 4.87. The van der Waals surface area contributed by atoms with E-state index in [2.05, 4.69) is 10.2 Å². The van der Waals surface area contributed by atoms with E-state index in [-0.39, 0.29) is 5.43 Å². The van der Waals surface area contributed by atoms with Gasteiger partial charge in [-0.05, 0) is 30.5 Å². The van der Waals surface area contributed by atoms with Gasteiger partial charge in [-0.25, -0.2) is 9.48 Å². The zero-order valence-corrected chi connectivity index (χ0v) is 17.2. The second-order valence-corrected chi connectivity index (χ2v) is 6.99. The van der Waals surface area contributed by atoms with E-state index >= 15 is 0 Å². The number of nitrogens with zero attached hydrogens (tertiary/aromatic N) is 5. The number of hydrogen-bond donors (Lipinski definition) is 2. The van der Waals surface area contributed by atoms with Gasteiger partial charge in [-0.15, -0.1) is 0 Å². The molecule has 0 aliphatic rings. The van der Waals surface area contributed by atoms with Gasteiger partial charge in [-0.2, -0.15) is 10.2 Å². The number of rotatable bonds is 8. The predicted octanol–water partition coefficient (Wildman–Crippen LogP) is 2.18. The molecule has 9 nitrogen and oxygen atoms in total. The summed E-state index contributed by atoms with van der Waals surface area (Å²) < 4.78 is 3.33. The molecule has 0 aliphatic heterocycles. The molecule has 30 heavy (non-hydrogen) atoms. The Bertz CT molecular complexity index is 1090. The highest BCUT2D eigenvalue weighted by Gasteiger charge is 2.18. The lowest BCUT2D eigenvalue weighted by atomic mass is 10.0. The van der Waals surface area contributed by atoms with Gasteiger partial charge in [0.15, 0.2) is 0 Å². The Labute approximate surface area is 174 Å². The summed E-state index contributed by atoms with van der Waals surface area (Å²) in [4.78, 5) is 25.4. The summed E-state index contributed by atoms with van der Waals surface area (Å²) >= 11 is 0. The predicted molar refractivity (Wildman–Crippen MR) is 114 cm³/mol. The van der Waals surface area contributed by atoms with Gasteiger partial charge in [0, 0.05) is 31.8 Å². The Morgan fingerprint density at radius 3 is 2.80 bits per heavy atom. The fourth-order valence-electron chi connectivity index (χ4n) is 3.32. The average Bonchev–Trinajstić information content (AvgIpc) is 3.18. The molecule has 2 aromatic heterocycles. The molecule has 3 aromatic rings. The van der Waals surface area contributed by atoms with Crippen molar-refractivity contribution in [2.75, 3.05) is 18.0 Å². The van der Waals surface area contributed by atoms with E-state index < -0.39 is 6.09 Å². The summed E-state index contributed by atoms with van der Waals surface area (Å²) in [5.74, 6) is 0. The largest absolute Gasteiger partial charge is 0.465 e. The number of nitrogens with two attached hydrogens (primary N) is 1. The standard InChI is InChI=1S/C21H26N6O3/c1-3-9-26(21(29)30)19-6-4-5-16(15(19)2)12-18-20(28)7-10-27(24-18)17-13-23-25(14-17)11-8-22/h4-7,10,13-14H,3,8-9,11-12,22H2,1-2H3,(H,29,30). The van der Waals surface area contributed by atoms with Crippen molar-refractivity contribution in [1.82, 2.24) is 19.6 Å². The van der Waals surface area contributed by atoms with Gasteiger partial charge in [0.05, 0.1) is 24.6 Å². The van der Waals surface area contributed by atoms with Gasteiger partial charge in [0.25, 0.3) is 0 Å². The van der Waals surface area contributed by atoms with Gasteiger partial charge in [-0.3, -0.25) is 14.4 Å². The number of carbonyl (C=O) groups is 1. The molecule has 0 radical (unpaired) electrons. The summed E-state index contributed by atoms with van der Waals surface area (Å²) in [7, 11) is 0. The summed E-state index contributed by atoms with van der Waals surface area (Å²) in [5, 5.41) is 18.3. The number of aromatic nitrogens is 4. The Hall–Kier alpha value is -3.46. The molecule has 0 unspecified atom stereocenters. The van der Waals surface area contributed by atoms with Crippen molar-refractivity contribution in [2.24, 2.45) is 5.73 Å². The molecule has 1 amide bonds. The van der Waals surface area contributed by atoms with Gasteiger partial charge in [-0.1, -0.05) is 19.1 Å². The maximum atomic E-state index is 12.4. The van der Waals surface area contributed by atoms with E-state index in [1.54, 1.807) is 27.8 Å². The number of hydrogen-bond acceptors (Lipinski definition) is 5. The van der Waals surface area contributed by atoms with Gasteiger partial charge in [0.2, 0.25) is 5.43 Å². The molecule has 0 atom stereocenters. The van der Waals surface area contributed by atoms with Crippen LogP contribution in [0.5, 0.6) is 0 Å². The van der Waals surface area contributed by atoms with E-state index in [0.717, 1.165) is 16.8 Å². The first kappa shape index (κ1) is 21.3. The van der Waals surface area contributed by atoms with Crippen LogP contribution in [0.25, 0.3) is 5.69 Å². The van der Waals surface area contributed by atoms with Gasteiger partial charge < -0.3 is 10.8 Å². The van der Waals surface area contributed by atoms with E-state index in [4.69, 9.17) is 5.73 Å². The lowest BCUT2D eigenvalue weighted by Gasteiger charge is -2.22. The highest BCUT2D eigenvalue weighted by Crippen LogP contribution is 2.25. The van der Waals surface area contributed by atoms with E-state index in [0.29, 0.717) is 43.9 Å². The van der Waals surface area contributed by atoms with Crippen molar-refractivity contribution < 1.29 is 9.90 Å². The van der Waals surface area contributed by atoms with Crippen LogP contribution in [0.4, 0.5) is 10.5 Å². The first-order valence-electron chi connectivity index (χ1n) is 9.85. The van der Waals surface area contributed by atoms with Crippen LogP contribution in [0, 0.1) is 6.92 Å². The summed E-state index contributed by atoms with van der Waals surface area (Å²) in [6, 6.07) is 6.96. The first-order chi connectivity index (χ1) is 14.4. The minimum Gasteiger partial charge on any atom is -0.465 e. The highest BCUT2D eigenvalue weighted by atomic mass is 16.4. The normalized spacial score (nSPS) is 10.9. The maximum absolute atomic E-state index is 12.4. The number of benzene rings is 1. The molecular formula is C21H26N6O3. The second kappa shape index (κ2) is 9.36. The fourth-order valence-corrected chi connectivity index (χ4v) is 3.32. The van der Waals surface area contributed by atoms with Crippen LogP contribution in [-0.2, 0) is 13.0 Å². The topological polar surface area (TPSA) is 119 Å². The minimum absolute atomic E-state index is 0.172. The molecule has 0 saturated carbocycles. The van der Waals surface area contributed by atoms with Crippen LogP contribution in [0.1, 0.15) is 30.2 Å². The van der Waals surface area contributed by atoms with Crippen molar-refractivity contribution in [2.45, 2.75) is 33.2 Å². The van der Waals surface area contributed by atoms with E-state index in [9.17, 15) is 14.7 Å². The molecule has 0 fully saturated rings. The molecule has 0 bridgehead atoms. The quantitative estimate of drug-likeness (QED) is 0.587. The molecule has 0 spiro atoms. The Balaban J connectivity index is 1.93. The molecule has 1 aromatic carbocycles. The summed E-state index contributed by atoms with van der Waals surface area (Å²) in [6.07, 6.45) is 5.10. The van der Waals surface area contributed by atoms with Crippen molar-refractivity contribution in [1.29, 1.82) is 0 Å². The third kappa shape index (κ3) is 4.57. The monoisotopic (exact) mass is 410 g/mol. The molecule has 3 N–H and O–H groups in total. The van der Waals surface area contributed by atoms with Crippen LogP contribution in [0.3, 0.4) is 0 Å². The van der Waals surface area contributed by atoms with Crippen LogP contribution in [0.15, 0.2) is 47.7 Å². The molecule has 0 saturated heterocycles. The van der Waals surface area contributed by atoms with Crippen LogP contribution in [0.2, 0.25) is 0 Å². The number of carboxylic acid groups (broad SMARTS) is 1. The summed E-state index contributed by atoms with van der Waals surface area (Å²) in [6.45, 7) is 5.28. The smallest absolute Gasteiger partial charge is 0.411 e. The van der Waals surface area contributed by atoms with Crippen LogP contribution >= 0.6 is 0 Å². The SMILES string of the molecule is CCCN(C(=O)O)c1cccc(Cc2nn(-c3cnn(CCN)c3)ccc2=O)c1C. The Morgan fingerprint density at radius 2 is 2.10 bits per heavy atom. The van der Waals surface area contributed by atoms with Crippen molar-refractivity contribution >= 4 is 11.8 Å². The molecule has 9 heteroatoms. The number of anilines is 1. The second-order valence-electron chi connectivity index (χ2n) is 6.99. The molecule has 158 valence electrons. The molecular weight excluding hydrogens is 384 g/mol. The lowest BCUT2D eigenvalue weighted by Crippen LogP contribution is -2.30. The molecule has 2 heterocycles. The van der Waals surface area contributed by atoms with E-state index in [1.807, 2.05) is 32.2 Å². The van der Waals surface area contributed by atoms with Crippen LogP contribution in [-0.4, -0.2) is 43.9 Å². The summed E-state index contributed by atoms with van der Waals surface area (Å²) in [5.41, 5.74) is 8.80. The van der Waals surface area contributed by atoms with Crippen molar-refractivity contribution in [3.63, 3.8) is 0 Å². The Morgan fingerprint density at radius 1 is 1.30 bits per heavy atom. The maximum Gasteiger partial charge on any atom is 0.411 e. The Kier molecular flexibility index (Phi) is 6.63. The van der Waals surface area contributed by atoms with Gasteiger partial charge in [0.1, 0.15) is 11.4 Å². The number of amides is 1. The zero-order valence-electron chi connectivity index (χ0n) is 17.2. The third-order valence-electron chi connectivity index (χ3n) is 4.87. The van der Waals surface area contributed by atoms with Crippen molar-refractivity contribution in [3.05, 3.63) is 69.9 Å².